The molecule has 0 fully saturated rings. The van der Waals surface area contributed by atoms with Crippen molar-refractivity contribution >= 4 is 12.7 Å². The quantitative estimate of drug-likeness (QED) is 0.582. The molecule has 1 rings (SSSR count). The molecule has 0 aromatic carbocycles. The zero-order chi connectivity index (χ0) is 7.56. The van der Waals surface area contributed by atoms with E-state index in [1.807, 2.05) is 25.3 Å². The van der Waals surface area contributed by atoms with Crippen molar-refractivity contribution in [3.63, 3.8) is 0 Å². The summed E-state index contributed by atoms with van der Waals surface area (Å²) in [6.45, 7) is 9.54. The van der Waals surface area contributed by atoms with Crippen LogP contribution in [-0.4, -0.2) is 4.98 Å². The SMILES string of the molecule is C=C(C)/C=c1/cc[nH]c1=C. The van der Waals surface area contributed by atoms with Crippen LogP contribution in [0.1, 0.15) is 6.92 Å². The lowest BCUT2D eigenvalue weighted by atomic mass is 10.3. The lowest BCUT2D eigenvalue weighted by Crippen LogP contribution is -2.19. The van der Waals surface area contributed by atoms with Crippen molar-refractivity contribution in [1.29, 1.82) is 0 Å². The highest BCUT2D eigenvalue weighted by Crippen LogP contribution is 1.84. The van der Waals surface area contributed by atoms with E-state index in [0.29, 0.717) is 0 Å². The van der Waals surface area contributed by atoms with Gasteiger partial charge in [-0.15, -0.1) is 0 Å². The highest BCUT2D eigenvalue weighted by molar-refractivity contribution is 5.42. The summed E-state index contributed by atoms with van der Waals surface area (Å²) in [6.07, 6.45) is 3.87. The van der Waals surface area contributed by atoms with Crippen LogP contribution in [0.5, 0.6) is 0 Å². The van der Waals surface area contributed by atoms with Crippen molar-refractivity contribution in [2.75, 3.05) is 0 Å². The Bertz CT molecular complexity index is 330. The van der Waals surface area contributed by atoms with Crippen LogP contribution in [0.25, 0.3) is 12.7 Å². The standard InChI is InChI=1S/C9H11N/c1-7(2)6-9-4-5-10-8(9)3/h4-6,10H,1,3H2,2H3/b9-6-. The Morgan fingerprint density at radius 1 is 1.70 bits per heavy atom. The zero-order valence-electron chi connectivity index (χ0n) is 6.15. The molecule has 1 aromatic heterocycles. The number of aromatic amines is 1. The van der Waals surface area contributed by atoms with Crippen molar-refractivity contribution in [3.8, 4) is 0 Å². The largest absolute Gasteiger partial charge is 0.362 e. The van der Waals surface area contributed by atoms with Crippen LogP contribution >= 0.6 is 0 Å². The molecule has 0 radical (unpaired) electrons. The van der Waals surface area contributed by atoms with Crippen LogP contribution in [-0.2, 0) is 0 Å². The summed E-state index contributed by atoms with van der Waals surface area (Å²) in [5, 5.41) is 2.07. The highest BCUT2D eigenvalue weighted by atomic mass is 14.6. The van der Waals surface area contributed by atoms with E-state index in [1.54, 1.807) is 0 Å². The molecule has 0 bridgehead atoms. The Hall–Kier alpha value is -1.24. The molecule has 0 aliphatic carbocycles. The van der Waals surface area contributed by atoms with E-state index in [0.717, 1.165) is 16.1 Å². The Morgan fingerprint density at radius 3 is 2.80 bits per heavy atom. The first kappa shape index (κ1) is 6.87. The van der Waals surface area contributed by atoms with Crippen molar-refractivity contribution in [3.05, 3.63) is 35.0 Å². The fraction of sp³-hybridized carbons (Fsp3) is 0.111. The number of H-pyrrole nitrogens is 1. The molecule has 0 spiro atoms. The third kappa shape index (κ3) is 1.38. The molecule has 0 saturated carbocycles. The van der Waals surface area contributed by atoms with E-state index in [2.05, 4.69) is 18.1 Å². The van der Waals surface area contributed by atoms with E-state index >= 15 is 0 Å². The van der Waals surface area contributed by atoms with Crippen LogP contribution in [0, 0.1) is 0 Å². The fourth-order valence-corrected chi connectivity index (χ4v) is 0.817. The summed E-state index contributed by atoms with van der Waals surface area (Å²) in [6, 6.07) is 1.98. The second kappa shape index (κ2) is 2.56. The normalized spacial score (nSPS) is 11.9. The number of hydrogen-bond donors (Lipinski definition) is 1. The van der Waals surface area contributed by atoms with Gasteiger partial charge in [-0.25, -0.2) is 0 Å². The molecule has 1 heterocycles. The van der Waals surface area contributed by atoms with Gasteiger partial charge in [0.2, 0.25) is 0 Å². The molecule has 10 heavy (non-hydrogen) atoms. The second-order valence-electron chi connectivity index (χ2n) is 2.40. The van der Waals surface area contributed by atoms with Gasteiger partial charge in [-0.05, 0) is 18.2 Å². The summed E-state index contributed by atoms with van der Waals surface area (Å²) >= 11 is 0. The zero-order valence-corrected chi connectivity index (χ0v) is 6.15. The van der Waals surface area contributed by atoms with Crippen LogP contribution in [0.15, 0.2) is 24.4 Å². The van der Waals surface area contributed by atoms with Crippen LogP contribution in [0.2, 0.25) is 0 Å². The summed E-state index contributed by atoms with van der Waals surface area (Å²) in [7, 11) is 0. The molecule has 0 amide bonds. The van der Waals surface area contributed by atoms with E-state index in [4.69, 9.17) is 0 Å². The van der Waals surface area contributed by atoms with Crippen molar-refractivity contribution in [2.45, 2.75) is 6.92 Å². The lowest BCUT2D eigenvalue weighted by Gasteiger charge is -1.80. The summed E-state index contributed by atoms with van der Waals surface area (Å²) in [4.78, 5) is 2.99. The molecule has 0 unspecified atom stereocenters. The average Bonchev–Trinajstić information content (AvgIpc) is 2.15. The number of rotatable bonds is 1. The third-order valence-corrected chi connectivity index (χ3v) is 1.27. The predicted molar refractivity (Wildman–Crippen MR) is 44.8 cm³/mol. The molecular formula is C9H11N. The van der Waals surface area contributed by atoms with Crippen molar-refractivity contribution in [2.24, 2.45) is 0 Å². The minimum absolute atomic E-state index is 0.947. The number of aromatic nitrogens is 1. The van der Waals surface area contributed by atoms with Gasteiger partial charge in [-0.1, -0.05) is 24.8 Å². The van der Waals surface area contributed by atoms with Crippen LogP contribution < -0.4 is 10.6 Å². The second-order valence-corrected chi connectivity index (χ2v) is 2.40. The fourth-order valence-electron chi connectivity index (χ4n) is 0.817. The molecule has 1 nitrogen and oxygen atoms in total. The maximum Gasteiger partial charge on any atom is 0.0380 e. The van der Waals surface area contributed by atoms with Gasteiger partial charge in [0.15, 0.2) is 0 Å². The van der Waals surface area contributed by atoms with E-state index in [-0.39, 0.29) is 0 Å². The first-order chi connectivity index (χ1) is 4.70. The van der Waals surface area contributed by atoms with Crippen LogP contribution in [0.4, 0.5) is 0 Å². The van der Waals surface area contributed by atoms with Gasteiger partial charge in [0.1, 0.15) is 0 Å². The predicted octanol–water partition coefficient (Wildman–Crippen LogP) is 0.782. The molecule has 1 heteroatoms. The van der Waals surface area contributed by atoms with Gasteiger partial charge >= 0.3 is 0 Å². The van der Waals surface area contributed by atoms with Crippen molar-refractivity contribution < 1.29 is 0 Å². The van der Waals surface area contributed by atoms with Gasteiger partial charge in [-0.3, -0.25) is 0 Å². The van der Waals surface area contributed by atoms with E-state index in [9.17, 15) is 0 Å². The highest BCUT2D eigenvalue weighted by Gasteiger charge is 1.80. The molecule has 0 aliphatic heterocycles. The molecule has 0 aliphatic rings. The van der Waals surface area contributed by atoms with Gasteiger partial charge in [0, 0.05) is 11.5 Å². The first-order valence-electron chi connectivity index (χ1n) is 3.20. The minimum atomic E-state index is 0.947. The summed E-state index contributed by atoms with van der Waals surface area (Å²) in [5.74, 6) is 0. The van der Waals surface area contributed by atoms with Gasteiger partial charge < -0.3 is 4.98 Å². The van der Waals surface area contributed by atoms with E-state index < -0.39 is 0 Å². The average molecular weight is 133 g/mol. The van der Waals surface area contributed by atoms with Gasteiger partial charge in [0.05, 0.1) is 0 Å². The van der Waals surface area contributed by atoms with Crippen molar-refractivity contribution in [1.82, 2.24) is 4.98 Å². The number of allylic oxidation sites excluding steroid dienone is 1. The Kier molecular flexibility index (Phi) is 1.76. The maximum atomic E-state index is 3.81. The summed E-state index contributed by atoms with van der Waals surface area (Å²) in [5.41, 5.74) is 1.05. The molecule has 0 atom stereocenters. The van der Waals surface area contributed by atoms with E-state index in [1.165, 1.54) is 0 Å². The Balaban J connectivity index is 3.29. The minimum Gasteiger partial charge on any atom is -0.362 e. The molecular weight excluding hydrogens is 122 g/mol. The number of hydrogen-bond acceptors (Lipinski definition) is 0. The molecule has 1 N–H and O–H groups in total. The van der Waals surface area contributed by atoms with Gasteiger partial charge in [-0.2, -0.15) is 0 Å². The Morgan fingerprint density at radius 2 is 2.40 bits per heavy atom. The topological polar surface area (TPSA) is 15.8 Å². The molecule has 0 saturated heterocycles. The molecule has 52 valence electrons. The lowest BCUT2D eigenvalue weighted by molar-refractivity contribution is 1.32. The summed E-state index contributed by atoms with van der Waals surface area (Å²) < 4.78 is 0. The Labute approximate surface area is 60.4 Å². The smallest absolute Gasteiger partial charge is 0.0380 e. The van der Waals surface area contributed by atoms with Crippen LogP contribution in [0.3, 0.4) is 0 Å². The first-order valence-corrected chi connectivity index (χ1v) is 3.20. The number of nitrogens with one attached hydrogen (secondary N) is 1. The third-order valence-electron chi connectivity index (χ3n) is 1.27. The monoisotopic (exact) mass is 133 g/mol. The maximum absolute atomic E-state index is 3.81. The molecule has 1 aromatic rings. The van der Waals surface area contributed by atoms with Gasteiger partial charge in [0.25, 0.3) is 0 Å².